The van der Waals surface area contributed by atoms with Crippen molar-refractivity contribution < 1.29 is 22.4 Å². The number of amides is 1. The second kappa shape index (κ2) is 7.84. The van der Waals surface area contributed by atoms with Gasteiger partial charge in [-0.1, -0.05) is 19.1 Å². The molecule has 0 aliphatic carbocycles. The molecule has 0 saturated carbocycles. The molecule has 2 aromatic carbocycles. The van der Waals surface area contributed by atoms with Gasteiger partial charge in [0.25, 0.3) is 12.3 Å². The van der Waals surface area contributed by atoms with Crippen LogP contribution in [0.1, 0.15) is 40.7 Å². The van der Waals surface area contributed by atoms with Crippen molar-refractivity contribution in [3.8, 4) is 5.69 Å². The van der Waals surface area contributed by atoms with Gasteiger partial charge in [0, 0.05) is 11.4 Å². The highest BCUT2D eigenvalue weighted by Gasteiger charge is 2.18. The maximum atomic E-state index is 14.5. The number of hydrogen-bond acceptors (Lipinski definition) is 2. The van der Waals surface area contributed by atoms with Crippen LogP contribution in [-0.4, -0.2) is 15.7 Å². The van der Waals surface area contributed by atoms with E-state index in [1.807, 2.05) is 0 Å². The number of aromatic nitrogens is 2. The van der Waals surface area contributed by atoms with Crippen LogP contribution in [0.15, 0.2) is 42.5 Å². The number of hydrogen-bond donors (Lipinski definition) is 1. The molecule has 0 atom stereocenters. The molecule has 0 radical (unpaired) electrons. The van der Waals surface area contributed by atoms with E-state index in [1.165, 1.54) is 37.3 Å². The van der Waals surface area contributed by atoms with Crippen LogP contribution in [0, 0.1) is 18.6 Å². The van der Waals surface area contributed by atoms with Gasteiger partial charge in [-0.25, -0.2) is 22.2 Å². The molecule has 1 heterocycles. The summed E-state index contributed by atoms with van der Waals surface area (Å²) < 4.78 is 55.2. The maximum absolute atomic E-state index is 14.5. The number of carbonyl (C=O) groups is 1. The van der Waals surface area contributed by atoms with Crippen LogP contribution < -0.4 is 5.32 Å². The smallest absolute Gasteiger partial charge is 0.282 e. The topological polar surface area (TPSA) is 46.9 Å². The minimum Gasteiger partial charge on any atom is -0.322 e. The third kappa shape index (κ3) is 3.76. The highest BCUT2D eigenvalue weighted by atomic mass is 19.3. The van der Waals surface area contributed by atoms with E-state index in [-0.39, 0.29) is 16.9 Å². The van der Waals surface area contributed by atoms with E-state index in [0.29, 0.717) is 17.7 Å². The third-order valence-electron chi connectivity index (χ3n) is 4.27. The summed E-state index contributed by atoms with van der Waals surface area (Å²) in [5.74, 6) is -2.13. The number of carbonyl (C=O) groups excluding carboxylic acids is 1. The first kappa shape index (κ1) is 19.6. The number of anilines is 1. The van der Waals surface area contributed by atoms with E-state index in [9.17, 15) is 22.4 Å². The minimum absolute atomic E-state index is 0.0393. The molecule has 0 unspecified atom stereocenters. The fraction of sp³-hybridized carbons (Fsp3) is 0.200. The van der Waals surface area contributed by atoms with Gasteiger partial charge in [0.1, 0.15) is 17.2 Å². The fourth-order valence-electron chi connectivity index (χ4n) is 2.92. The monoisotopic (exact) mass is 391 g/mol. The summed E-state index contributed by atoms with van der Waals surface area (Å²) in [7, 11) is 0. The first-order valence-corrected chi connectivity index (χ1v) is 8.55. The van der Waals surface area contributed by atoms with E-state index < -0.39 is 29.7 Å². The second-order valence-electron chi connectivity index (χ2n) is 6.17. The lowest BCUT2D eigenvalue weighted by Gasteiger charge is -2.12. The molecule has 28 heavy (non-hydrogen) atoms. The minimum atomic E-state index is -2.77. The Labute approximate surface area is 158 Å². The average Bonchev–Trinajstić information content (AvgIpc) is 3.03. The number of benzene rings is 2. The summed E-state index contributed by atoms with van der Waals surface area (Å²) in [6.45, 7) is 3.32. The molecule has 1 N–H and O–H groups in total. The molecule has 4 nitrogen and oxygen atoms in total. The van der Waals surface area contributed by atoms with Crippen LogP contribution in [0.2, 0.25) is 0 Å². The van der Waals surface area contributed by atoms with E-state index in [0.717, 1.165) is 10.7 Å². The first-order valence-electron chi connectivity index (χ1n) is 8.55. The van der Waals surface area contributed by atoms with Gasteiger partial charge in [0.15, 0.2) is 5.82 Å². The molecule has 0 aliphatic heterocycles. The van der Waals surface area contributed by atoms with Crippen molar-refractivity contribution >= 4 is 11.6 Å². The van der Waals surface area contributed by atoms with Gasteiger partial charge in [-0.15, -0.1) is 0 Å². The number of alkyl halides is 2. The van der Waals surface area contributed by atoms with Crippen LogP contribution >= 0.6 is 0 Å². The zero-order valence-corrected chi connectivity index (χ0v) is 15.1. The highest BCUT2D eigenvalue weighted by molar-refractivity contribution is 6.05. The number of aryl methyl sites for hydroxylation is 2. The summed E-state index contributed by atoms with van der Waals surface area (Å²) in [5.41, 5.74) is 0.379. The van der Waals surface area contributed by atoms with Gasteiger partial charge in [-0.3, -0.25) is 4.79 Å². The summed E-state index contributed by atoms with van der Waals surface area (Å²) in [5, 5.41) is 6.17. The Kier molecular flexibility index (Phi) is 5.48. The maximum Gasteiger partial charge on any atom is 0.282 e. The molecule has 0 saturated heterocycles. The Balaban J connectivity index is 1.89. The molecule has 0 bridgehead atoms. The lowest BCUT2D eigenvalue weighted by atomic mass is 10.0. The third-order valence-corrected chi connectivity index (χ3v) is 4.27. The first-order chi connectivity index (χ1) is 13.3. The predicted molar refractivity (Wildman–Crippen MR) is 96.9 cm³/mol. The Hall–Kier alpha value is -3.16. The van der Waals surface area contributed by atoms with Gasteiger partial charge in [-0.05, 0) is 49.2 Å². The van der Waals surface area contributed by atoms with E-state index in [1.54, 1.807) is 13.0 Å². The highest BCUT2D eigenvalue weighted by Crippen LogP contribution is 2.24. The van der Waals surface area contributed by atoms with Crippen LogP contribution in [0.4, 0.5) is 23.2 Å². The molecular weight excluding hydrogens is 374 g/mol. The molecular formula is C20H17F4N3O. The van der Waals surface area contributed by atoms with Gasteiger partial charge in [0.05, 0.1) is 5.56 Å². The summed E-state index contributed by atoms with van der Waals surface area (Å²) >= 11 is 0. The van der Waals surface area contributed by atoms with Crippen molar-refractivity contribution in [1.29, 1.82) is 0 Å². The molecule has 146 valence electrons. The number of rotatable bonds is 5. The van der Waals surface area contributed by atoms with Gasteiger partial charge < -0.3 is 5.32 Å². The van der Waals surface area contributed by atoms with Gasteiger partial charge >= 0.3 is 0 Å². The quantitative estimate of drug-likeness (QED) is 0.607. The predicted octanol–water partition coefficient (Wildman–Crippen LogP) is 5.21. The summed E-state index contributed by atoms with van der Waals surface area (Å²) in [6.07, 6.45) is -2.31. The number of nitrogens with zero attached hydrogens (tertiary/aromatic N) is 2. The number of nitrogens with one attached hydrogen (secondary N) is 1. The van der Waals surface area contributed by atoms with Gasteiger partial charge in [-0.2, -0.15) is 5.10 Å². The Morgan fingerprint density at radius 2 is 1.89 bits per heavy atom. The van der Waals surface area contributed by atoms with Crippen molar-refractivity contribution in [3.63, 3.8) is 0 Å². The van der Waals surface area contributed by atoms with Crippen LogP contribution in [0.3, 0.4) is 0 Å². The molecule has 0 aliphatic rings. The van der Waals surface area contributed by atoms with Crippen molar-refractivity contribution in [2.24, 2.45) is 0 Å². The van der Waals surface area contributed by atoms with Crippen molar-refractivity contribution in [3.05, 3.63) is 76.6 Å². The van der Waals surface area contributed by atoms with E-state index in [2.05, 4.69) is 10.4 Å². The molecule has 0 spiro atoms. The SMILES string of the molecule is CCc1cccc(F)c1C(=O)Nc1ccc(-n2nc(C(F)F)cc2C)c(F)c1. The van der Waals surface area contributed by atoms with E-state index >= 15 is 0 Å². The summed E-state index contributed by atoms with van der Waals surface area (Å²) in [4.78, 5) is 12.4. The van der Waals surface area contributed by atoms with Crippen molar-refractivity contribution in [2.45, 2.75) is 26.7 Å². The lowest BCUT2D eigenvalue weighted by Crippen LogP contribution is -2.16. The summed E-state index contributed by atoms with van der Waals surface area (Å²) in [6, 6.07) is 9.24. The van der Waals surface area contributed by atoms with Gasteiger partial charge in [0.2, 0.25) is 0 Å². The lowest BCUT2D eigenvalue weighted by molar-refractivity contribution is 0.102. The normalized spacial score (nSPS) is 11.1. The Bertz CT molecular complexity index is 1030. The fourth-order valence-corrected chi connectivity index (χ4v) is 2.92. The van der Waals surface area contributed by atoms with Crippen LogP contribution in [0.25, 0.3) is 5.69 Å². The molecule has 3 aromatic rings. The van der Waals surface area contributed by atoms with Crippen LogP contribution in [0.5, 0.6) is 0 Å². The van der Waals surface area contributed by atoms with E-state index in [4.69, 9.17) is 0 Å². The van der Waals surface area contributed by atoms with Crippen molar-refractivity contribution in [1.82, 2.24) is 9.78 Å². The standard InChI is InChI=1S/C20H17F4N3O/c1-3-12-5-4-6-14(21)18(12)20(28)25-13-7-8-17(15(22)10-13)27-11(2)9-16(26-27)19(23)24/h4-10,19H,3H2,1-2H3,(H,25,28). The zero-order chi connectivity index (χ0) is 20.4. The average molecular weight is 391 g/mol. The zero-order valence-electron chi connectivity index (χ0n) is 15.1. The Morgan fingerprint density at radius 1 is 1.14 bits per heavy atom. The van der Waals surface area contributed by atoms with Crippen molar-refractivity contribution in [2.75, 3.05) is 5.32 Å². The number of halogens is 4. The molecule has 1 amide bonds. The molecule has 1 aromatic heterocycles. The molecule has 8 heteroatoms. The Morgan fingerprint density at radius 3 is 2.50 bits per heavy atom. The second-order valence-corrected chi connectivity index (χ2v) is 6.17. The molecule has 0 fully saturated rings. The van der Waals surface area contributed by atoms with Crippen LogP contribution in [-0.2, 0) is 6.42 Å². The largest absolute Gasteiger partial charge is 0.322 e. The molecule has 3 rings (SSSR count).